The van der Waals surface area contributed by atoms with E-state index >= 15 is 0 Å². The first-order valence-corrected chi connectivity index (χ1v) is 12.1. The molecule has 3 aromatic rings. The number of hydrogen-bond acceptors (Lipinski definition) is 6. The zero-order chi connectivity index (χ0) is 25.7. The van der Waals surface area contributed by atoms with Crippen LogP contribution in [0.2, 0.25) is 5.15 Å². The number of nitrogens with zero attached hydrogens (tertiary/aromatic N) is 3. The summed E-state index contributed by atoms with van der Waals surface area (Å²) in [7, 11) is 1.31. The SMILES string of the molecule is COC(=O)c1cc(-c2ccc(C(=O)NCCc3cccnc3Cl)cn2)ccc1N(CC1CC1)C(C)=O. The van der Waals surface area contributed by atoms with Gasteiger partial charge in [0.2, 0.25) is 5.91 Å². The molecule has 1 aromatic carbocycles. The number of esters is 1. The fourth-order valence-electron chi connectivity index (χ4n) is 3.88. The Balaban J connectivity index is 1.48. The second-order valence-electron chi connectivity index (χ2n) is 8.69. The number of hydrogen-bond donors (Lipinski definition) is 1. The maximum atomic E-state index is 12.6. The molecular weight excluding hydrogens is 480 g/mol. The minimum atomic E-state index is -0.529. The molecule has 9 heteroatoms. The fraction of sp³-hybridized carbons (Fsp3) is 0.296. The molecule has 0 aliphatic heterocycles. The lowest BCUT2D eigenvalue weighted by Crippen LogP contribution is -2.32. The summed E-state index contributed by atoms with van der Waals surface area (Å²) in [6.45, 7) is 2.48. The van der Waals surface area contributed by atoms with Gasteiger partial charge in [0.25, 0.3) is 5.91 Å². The highest BCUT2D eigenvalue weighted by atomic mass is 35.5. The van der Waals surface area contributed by atoms with Crippen molar-refractivity contribution in [1.82, 2.24) is 15.3 Å². The maximum absolute atomic E-state index is 12.6. The molecular formula is C27H27ClN4O4. The smallest absolute Gasteiger partial charge is 0.340 e. The molecule has 2 aromatic heterocycles. The maximum Gasteiger partial charge on any atom is 0.340 e. The van der Waals surface area contributed by atoms with Crippen LogP contribution in [-0.2, 0) is 16.0 Å². The summed E-state index contributed by atoms with van der Waals surface area (Å²) in [4.78, 5) is 47.5. The highest BCUT2D eigenvalue weighted by Crippen LogP contribution is 2.34. The molecule has 0 radical (unpaired) electrons. The van der Waals surface area contributed by atoms with E-state index in [4.69, 9.17) is 16.3 Å². The van der Waals surface area contributed by atoms with E-state index in [0.717, 1.165) is 18.4 Å². The number of carbonyl (C=O) groups is 3. The van der Waals surface area contributed by atoms with Crippen LogP contribution in [0.25, 0.3) is 11.3 Å². The van der Waals surface area contributed by atoms with Crippen molar-refractivity contribution >= 4 is 35.1 Å². The monoisotopic (exact) mass is 506 g/mol. The van der Waals surface area contributed by atoms with Gasteiger partial charge in [-0.05, 0) is 61.1 Å². The van der Waals surface area contributed by atoms with Gasteiger partial charge in [-0.15, -0.1) is 0 Å². The van der Waals surface area contributed by atoms with Crippen molar-refractivity contribution in [2.24, 2.45) is 5.92 Å². The zero-order valence-electron chi connectivity index (χ0n) is 20.2. The molecule has 8 nitrogen and oxygen atoms in total. The lowest BCUT2D eigenvalue weighted by molar-refractivity contribution is -0.116. The third kappa shape index (κ3) is 6.07. The van der Waals surface area contributed by atoms with Gasteiger partial charge in [0.15, 0.2) is 0 Å². The van der Waals surface area contributed by atoms with Gasteiger partial charge in [-0.25, -0.2) is 9.78 Å². The highest BCUT2D eigenvalue weighted by molar-refractivity contribution is 6.30. The van der Waals surface area contributed by atoms with Gasteiger partial charge in [0.05, 0.1) is 29.6 Å². The van der Waals surface area contributed by atoms with Gasteiger partial charge in [-0.1, -0.05) is 23.7 Å². The fourth-order valence-corrected chi connectivity index (χ4v) is 4.09. The van der Waals surface area contributed by atoms with E-state index in [0.29, 0.717) is 58.7 Å². The van der Waals surface area contributed by atoms with Crippen LogP contribution in [0, 0.1) is 5.92 Å². The van der Waals surface area contributed by atoms with Gasteiger partial charge in [-0.2, -0.15) is 0 Å². The first-order valence-electron chi connectivity index (χ1n) is 11.7. The Morgan fingerprint density at radius 3 is 2.58 bits per heavy atom. The van der Waals surface area contributed by atoms with Gasteiger partial charge < -0.3 is 15.0 Å². The minimum Gasteiger partial charge on any atom is -0.465 e. The molecule has 36 heavy (non-hydrogen) atoms. The summed E-state index contributed by atoms with van der Waals surface area (Å²) in [6.07, 6.45) is 5.83. The summed E-state index contributed by atoms with van der Waals surface area (Å²) in [6, 6.07) is 12.3. The topological polar surface area (TPSA) is 101 Å². The molecule has 0 unspecified atom stereocenters. The van der Waals surface area contributed by atoms with Crippen LogP contribution in [0.5, 0.6) is 0 Å². The summed E-state index contributed by atoms with van der Waals surface area (Å²) >= 11 is 6.06. The summed E-state index contributed by atoms with van der Waals surface area (Å²) in [5.41, 5.74) is 3.35. The van der Waals surface area contributed by atoms with E-state index < -0.39 is 5.97 Å². The van der Waals surface area contributed by atoms with Gasteiger partial charge in [0.1, 0.15) is 5.15 Å². The van der Waals surface area contributed by atoms with Crippen molar-refractivity contribution in [3.05, 3.63) is 76.7 Å². The number of amides is 2. The number of rotatable bonds is 9. The number of methoxy groups -OCH3 is 1. The van der Waals surface area contributed by atoms with Gasteiger partial charge in [0, 0.05) is 38.0 Å². The third-order valence-electron chi connectivity index (χ3n) is 6.05. The number of aromatic nitrogens is 2. The van der Waals surface area contributed by atoms with E-state index in [1.807, 2.05) is 12.1 Å². The molecule has 0 atom stereocenters. The van der Waals surface area contributed by atoms with Crippen molar-refractivity contribution < 1.29 is 19.1 Å². The second kappa shape index (κ2) is 11.3. The number of pyridine rings is 2. The molecule has 0 spiro atoms. The Morgan fingerprint density at radius 1 is 1.14 bits per heavy atom. The van der Waals surface area contributed by atoms with E-state index in [9.17, 15) is 14.4 Å². The van der Waals surface area contributed by atoms with Gasteiger partial charge in [-0.3, -0.25) is 14.6 Å². The molecule has 0 saturated heterocycles. The molecule has 1 fully saturated rings. The lowest BCUT2D eigenvalue weighted by atomic mass is 10.0. The van der Waals surface area contributed by atoms with Crippen LogP contribution in [0.15, 0.2) is 54.9 Å². The molecule has 2 heterocycles. The van der Waals surface area contributed by atoms with Crippen LogP contribution in [-0.4, -0.2) is 48.0 Å². The zero-order valence-corrected chi connectivity index (χ0v) is 20.9. The van der Waals surface area contributed by atoms with E-state index in [1.54, 1.807) is 41.4 Å². The second-order valence-corrected chi connectivity index (χ2v) is 9.05. The van der Waals surface area contributed by atoms with Crippen LogP contribution in [0.4, 0.5) is 5.69 Å². The first-order chi connectivity index (χ1) is 17.4. The Kier molecular flexibility index (Phi) is 7.95. The summed E-state index contributed by atoms with van der Waals surface area (Å²) < 4.78 is 4.98. The Bertz CT molecular complexity index is 1280. The average Bonchev–Trinajstić information content (AvgIpc) is 3.72. The Morgan fingerprint density at radius 2 is 1.94 bits per heavy atom. The predicted octanol–water partition coefficient (Wildman–Crippen LogP) is 4.32. The number of nitrogens with one attached hydrogen (secondary N) is 1. The molecule has 1 N–H and O–H groups in total. The summed E-state index contributed by atoms with van der Waals surface area (Å²) in [5, 5.41) is 3.28. The van der Waals surface area contributed by atoms with Crippen molar-refractivity contribution in [3.8, 4) is 11.3 Å². The van der Waals surface area contributed by atoms with E-state index in [2.05, 4.69) is 15.3 Å². The average molecular weight is 507 g/mol. The number of benzene rings is 1. The quantitative estimate of drug-likeness (QED) is 0.342. The molecule has 186 valence electrons. The van der Waals surface area contributed by atoms with Crippen molar-refractivity contribution in [2.45, 2.75) is 26.2 Å². The predicted molar refractivity (Wildman–Crippen MR) is 137 cm³/mol. The van der Waals surface area contributed by atoms with Crippen LogP contribution < -0.4 is 10.2 Å². The molecule has 1 saturated carbocycles. The Labute approximate surface area is 214 Å². The normalized spacial score (nSPS) is 12.6. The van der Waals surface area contributed by atoms with Gasteiger partial charge >= 0.3 is 5.97 Å². The molecule has 2 amide bonds. The van der Waals surface area contributed by atoms with Crippen molar-refractivity contribution in [2.75, 3.05) is 25.1 Å². The number of ether oxygens (including phenoxy) is 1. The minimum absolute atomic E-state index is 0.126. The molecule has 1 aliphatic carbocycles. The van der Waals surface area contributed by atoms with Crippen LogP contribution in [0.3, 0.4) is 0 Å². The first kappa shape index (κ1) is 25.3. The number of anilines is 1. The largest absolute Gasteiger partial charge is 0.465 e. The van der Waals surface area contributed by atoms with Crippen LogP contribution >= 0.6 is 11.6 Å². The van der Waals surface area contributed by atoms with Crippen molar-refractivity contribution in [1.29, 1.82) is 0 Å². The molecule has 4 rings (SSSR count). The van der Waals surface area contributed by atoms with E-state index in [1.165, 1.54) is 20.2 Å². The third-order valence-corrected chi connectivity index (χ3v) is 6.39. The summed E-state index contributed by atoms with van der Waals surface area (Å²) in [5.74, 6) is -0.449. The lowest BCUT2D eigenvalue weighted by Gasteiger charge is -2.23. The highest BCUT2D eigenvalue weighted by Gasteiger charge is 2.29. The van der Waals surface area contributed by atoms with E-state index in [-0.39, 0.29) is 11.8 Å². The number of carbonyl (C=O) groups excluding carboxylic acids is 3. The number of halogens is 1. The Hall–Kier alpha value is -3.78. The van der Waals surface area contributed by atoms with Crippen molar-refractivity contribution in [3.63, 3.8) is 0 Å². The standard InChI is InChI=1S/C27H27ClN4O4/c1-17(33)32(16-18-5-6-18)24-10-8-20(14-22(24)27(35)36-2)23-9-7-21(15-31-23)26(34)30-13-11-19-4-3-12-29-25(19)28/h3-4,7-10,12,14-15,18H,5-6,11,13,16H2,1-2H3,(H,30,34). The molecule has 0 bridgehead atoms. The van der Waals surface area contributed by atoms with Crippen LogP contribution in [0.1, 0.15) is 46.0 Å². The molecule has 1 aliphatic rings.